The molecule has 0 radical (unpaired) electrons. The summed E-state index contributed by atoms with van der Waals surface area (Å²) in [6.45, 7) is 6.20. The predicted octanol–water partition coefficient (Wildman–Crippen LogP) is 4.34. The minimum atomic E-state index is 0.315. The third-order valence-corrected chi connectivity index (χ3v) is 4.24. The van der Waals surface area contributed by atoms with Crippen LogP contribution in [0.3, 0.4) is 0 Å². The third-order valence-electron chi connectivity index (χ3n) is 4.24. The van der Waals surface area contributed by atoms with Gasteiger partial charge in [0.2, 0.25) is 0 Å². The van der Waals surface area contributed by atoms with Gasteiger partial charge in [-0.2, -0.15) is 0 Å². The van der Waals surface area contributed by atoms with Crippen LogP contribution in [0.4, 0.5) is 0 Å². The minimum Gasteiger partial charge on any atom is -0.299 e. The van der Waals surface area contributed by atoms with Crippen LogP contribution in [-0.4, -0.2) is 10.8 Å². The van der Waals surface area contributed by atoms with Crippen molar-refractivity contribution >= 4 is 5.78 Å². The van der Waals surface area contributed by atoms with E-state index in [-0.39, 0.29) is 0 Å². The lowest BCUT2D eigenvalue weighted by atomic mass is 9.82. The van der Waals surface area contributed by atoms with Gasteiger partial charge in [0.1, 0.15) is 5.78 Å². The Kier molecular flexibility index (Phi) is 4.73. The molecule has 2 nitrogen and oxygen atoms in total. The van der Waals surface area contributed by atoms with Crippen LogP contribution < -0.4 is 0 Å². The van der Waals surface area contributed by atoms with E-state index < -0.39 is 0 Å². The molecule has 0 aliphatic heterocycles. The lowest BCUT2D eigenvalue weighted by molar-refractivity contribution is -0.124. The number of carbonyl (C=O) groups is 1. The first kappa shape index (κ1) is 14.2. The van der Waals surface area contributed by atoms with Gasteiger partial charge >= 0.3 is 0 Å². The van der Waals surface area contributed by atoms with Gasteiger partial charge in [-0.3, -0.25) is 9.78 Å². The fraction of sp³-hybridized carbons (Fsp3) is 0.647. The average molecular weight is 259 g/mol. The zero-order valence-electron chi connectivity index (χ0n) is 12.4. The van der Waals surface area contributed by atoms with Crippen LogP contribution in [0.2, 0.25) is 0 Å². The maximum Gasteiger partial charge on any atom is 0.136 e. The number of carbonyl (C=O) groups excluding carboxylic acids is 1. The molecule has 1 heterocycles. The zero-order valence-corrected chi connectivity index (χ0v) is 12.4. The Morgan fingerprint density at radius 3 is 2.37 bits per heavy atom. The standard InChI is InChI=1S/C17H25NO/c1-12(16-10-13(2)18-14(3)11-16)9-17(19)15-7-5-4-6-8-15/h10-12,15H,4-9H2,1-3H3. The van der Waals surface area contributed by atoms with Gasteiger partial charge in [-0.1, -0.05) is 26.2 Å². The molecule has 2 rings (SSSR count). The molecule has 1 saturated carbocycles. The van der Waals surface area contributed by atoms with E-state index in [1.54, 1.807) is 0 Å². The largest absolute Gasteiger partial charge is 0.299 e. The smallest absolute Gasteiger partial charge is 0.136 e. The van der Waals surface area contributed by atoms with Gasteiger partial charge < -0.3 is 0 Å². The summed E-state index contributed by atoms with van der Waals surface area (Å²) in [6, 6.07) is 4.23. The zero-order chi connectivity index (χ0) is 13.8. The topological polar surface area (TPSA) is 30.0 Å². The highest BCUT2D eigenvalue weighted by Crippen LogP contribution is 2.29. The van der Waals surface area contributed by atoms with Gasteiger partial charge in [0.25, 0.3) is 0 Å². The van der Waals surface area contributed by atoms with Crippen LogP contribution in [0.15, 0.2) is 12.1 Å². The molecule has 0 N–H and O–H groups in total. The van der Waals surface area contributed by atoms with Gasteiger partial charge in [-0.25, -0.2) is 0 Å². The second kappa shape index (κ2) is 6.31. The number of aryl methyl sites for hydroxylation is 2. The van der Waals surface area contributed by atoms with Crippen molar-refractivity contribution in [3.05, 3.63) is 29.1 Å². The Balaban J connectivity index is 1.99. The van der Waals surface area contributed by atoms with Crippen molar-refractivity contribution < 1.29 is 4.79 Å². The Morgan fingerprint density at radius 2 is 1.79 bits per heavy atom. The molecular formula is C17H25NO. The highest BCUT2D eigenvalue weighted by Gasteiger charge is 2.23. The Labute approximate surface area is 116 Å². The number of hydrogen-bond acceptors (Lipinski definition) is 2. The van der Waals surface area contributed by atoms with Gasteiger partial charge in [-0.15, -0.1) is 0 Å². The van der Waals surface area contributed by atoms with Gasteiger partial charge in [0.15, 0.2) is 0 Å². The quantitative estimate of drug-likeness (QED) is 0.805. The van der Waals surface area contributed by atoms with E-state index in [1.165, 1.54) is 24.8 Å². The molecule has 104 valence electrons. The molecule has 1 aromatic rings. The van der Waals surface area contributed by atoms with E-state index in [2.05, 4.69) is 24.0 Å². The highest BCUT2D eigenvalue weighted by atomic mass is 16.1. The molecule has 0 amide bonds. The molecule has 1 unspecified atom stereocenters. The normalized spacial score (nSPS) is 18.3. The fourth-order valence-electron chi connectivity index (χ4n) is 3.16. The molecule has 0 aromatic carbocycles. The number of Topliss-reactive ketones (excluding diaryl/α,β-unsaturated/α-hetero) is 1. The number of hydrogen-bond donors (Lipinski definition) is 0. The summed E-state index contributed by atoms with van der Waals surface area (Å²) in [6.07, 6.45) is 6.69. The summed E-state index contributed by atoms with van der Waals surface area (Å²) in [5, 5.41) is 0. The van der Waals surface area contributed by atoms with Crippen molar-refractivity contribution in [2.75, 3.05) is 0 Å². The summed E-state index contributed by atoms with van der Waals surface area (Å²) < 4.78 is 0. The third kappa shape index (κ3) is 3.89. The SMILES string of the molecule is Cc1cc(C(C)CC(=O)C2CCCCC2)cc(C)n1. The molecule has 0 spiro atoms. The van der Waals surface area contributed by atoms with Crippen molar-refractivity contribution in [3.8, 4) is 0 Å². The number of rotatable bonds is 4. The summed E-state index contributed by atoms with van der Waals surface area (Å²) in [4.78, 5) is 16.7. The number of aromatic nitrogens is 1. The number of pyridine rings is 1. The van der Waals surface area contributed by atoms with E-state index in [0.717, 1.165) is 24.2 Å². The maximum absolute atomic E-state index is 12.3. The van der Waals surface area contributed by atoms with Gasteiger partial charge in [-0.05, 0) is 50.3 Å². The molecular weight excluding hydrogens is 234 g/mol. The molecule has 19 heavy (non-hydrogen) atoms. The van der Waals surface area contributed by atoms with E-state index >= 15 is 0 Å². The first-order valence-electron chi connectivity index (χ1n) is 7.54. The predicted molar refractivity (Wildman–Crippen MR) is 78.3 cm³/mol. The lowest BCUT2D eigenvalue weighted by Crippen LogP contribution is -2.19. The molecule has 1 aliphatic carbocycles. The fourth-order valence-corrected chi connectivity index (χ4v) is 3.16. The molecule has 2 heteroatoms. The molecule has 1 atom stereocenters. The molecule has 1 aromatic heterocycles. The van der Waals surface area contributed by atoms with Crippen LogP contribution in [-0.2, 0) is 4.79 Å². The summed E-state index contributed by atoms with van der Waals surface area (Å²) in [5.41, 5.74) is 3.35. The molecule has 1 aliphatic rings. The van der Waals surface area contributed by atoms with Crippen LogP contribution in [0.25, 0.3) is 0 Å². The second-order valence-corrected chi connectivity index (χ2v) is 6.09. The second-order valence-electron chi connectivity index (χ2n) is 6.09. The van der Waals surface area contributed by atoms with Gasteiger partial charge in [0.05, 0.1) is 0 Å². The van der Waals surface area contributed by atoms with Crippen LogP contribution in [0.1, 0.15) is 68.3 Å². The molecule has 1 fully saturated rings. The Morgan fingerprint density at radius 1 is 1.21 bits per heavy atom. The van der Waals surface area contributed by atoms with E-state index in [4.69, 9.17) is 0 Å². The van der Waals surface area contributed by atoms with Gasteiger partial charge in [0, 0.05) is 23.7 Å². The molecule has 0 saturated heterocycles. The lowest BCUT2D eigenvalue weighted by Gasteiger charge is -2.22. The van der Waals surface area contributed by atoms with Crippen molar-refractivity contribution in [2.24, 2.45) is 5.92 Å². The summed E-state index contributed by atoms with van der Waals surface area (Å²) in [5.74, 6) is 1.12. The number of ketones is 1. The first-order chi connectivity index (χ1) is 9.06. The van der Waals surface area contributed by atoms with Crippen LogP contribution in [0, 0.1) is 19.8 Å². The molecule has 0 bridgehead atoms. The van der Waals surface area contributed by atoms with Crippen molar-refractivity contribution in [1.82, 2.24) is 4.98 Å². The average Bonchev–Trinajstić information content (AvgIpc) is 2.38. The maximum atomic E-state index is 12.3. The van der Waals surface area contributed by atoms with E-state index in [9.17, 15) is 4.79 Å². The van der Waals surface area contributed by atoms with Crippen LogP contribution >= 0.6 is 0 Å². The summed E-state index contributed by atoms with van der Waals surface area (Å²) >= 11 is 0. The monoisotopic (exact) mass is 259 g/mol. The minimum absolute atomic E-state index is 0.315. The Bertz CT molecular complexity index is 426. The van der Waals surface area contributed by atoms with Crippen molar-refractivity contribution in [3.63, 3.8) is 0 Å². The Hall–Kier alpha value is -1.18. The highest BCUT2D eigenvalue weighted by molar-refractivity contribution is 5.81. The van der Waals surface area contributed by atoms with E-state index in [0.29, 0.717) is 24.0 Å². The van der Waals surface area contributed by atoms with Crippen molar-refractivity contribution in [1.29, 1.82) is 0 Å². The van der Waals surface area contributed by atoms with Crippen LogP contribution in [0.5, 0.6) is 0 Å². The first-order valence-corrected chi connectivity index (χ1v) is 7.54. The number of nitrogens with zero attached hydrogens (tertiary/aromatic N) is 1. The van der Waals surface area contributed by atoms with E-state index in [1.807, 2.05) is 13.8 Å². The van der Waals surface area contributed by atoms with Crippen molar-refractivity contribution in [2.45, 2.75) is 65.2 Å². The summed E-state index contributed by atoms with van der Waals surface area (Å²) in [7, 11) is 0.